The maximum absolute atomic E-state index is 13.3. The summed E-state index contributed by atoms with van der Waals surface area (Å²) < 4.78 is 26.3. The van der Waals surface area contributed by atoms with Gasteiger partial charge >= 0.3 is 0 Å². The molecule has 2 N–H and O–H groups in total. The zero-order valence-corrected chi connectivity index (χ0v) is 11.2. The van der Waals surface area contributed by atoms with E-state index in [2.05, 4.69) is 10.6 Å². The highest BCUT2D eigenvalue weighted by Crippen LogP contribution is 2.13. The number of rotatable bonds is 4. The Kier molecular flexibility index (Phi) is 6.18. The smallest absolute Gasteiger partial charge is 0.254 e. The minimum absolute atomic E-state index is 0. The molecule has 1 aliphatic heterocycles. The molecule has 1 aliphatic rings. The Bertz CT molecular complexity index is 437. The summed E-state index contributed by atoms with van der Waals surface area (Å²) in [5.41, 5.74) is -0.237. The zero-order chi connectivity index (χ0) is 13.0. The first kappa shape index (κ1) is 15.9. The number of benzene rings is 1. The highest BCUT2D eigenvalue weighted by atomic mass is 35.5. The van der Waals surface area contributed by atoms with Crippen molar-refractivity contribution >= 4 is 18.3 Å². The van der Waals surface area contributed by atoms with E-state index >= 15 is 0 Å². The van der Waals surface area contributed by atoms with Crippen LogP contribution in [0.4, 0.5) is 8.78 Å². The predicted molar refractivity (Wildman–Crippen MR) is 71.5 cm³/mol. The van der Waals surface area contributed by atoms with Gasteiger partial charge < -0.3 is 10.6 Å². The van der Waals surface area contributed by atoms with Gasteiger partial charge in [0, 0.05) is 6.54 Å². The Hall–Kier alpha value is -1.20. The molecule has 0 bridgehead atoms. The third kappa shape index (κ3) is 4.14. The Morgan fingerprint density at radius 1 is 1.42 bits per heavy atom. The van der Waals surface area contributed by atoms with Crippen LogP contribution >= 0.6 is 12.4 Å². The van der Waals surface area contributed by atoms with Crippen molar-refractivity contribution in [3.63, 3.8) is 0 Å². The fraction of sp³-hybridized carbons (Fsp3) is 0.462. The lowest BCUT2D eigenvalue weighted by Gasteiger charge is -2.09. The van der Waals surface area contributed by atoms with Crippen LogP contribution in [0.3, 0.4) is 0 Å². The number of carbonyl (C=O) groups is 1. The predicted octanol–water partition coefficient (Wildman–Crippen LogP) is 2.12. The van der Waals surface area contributed by atoms with Crippen molar-refractivity contribution in [1.82, 2.24) is 10.6 Å². The van der Waals surface area contributed by atoms with Crippen LogP contribution in [0.15, 0.2) is 18.2 Å². The second-order valence-electron chi connectivity index (χ2n) is 4.50. The summed E-state index contributed by atoms with van der Waals surface area (Å²) in [6.07, 6.45) is 1.96. The van der Waals surface area contributed by atoms with Gasteiger partial charge in [-0.3, -0.25) is 4.79 Å². The molecule has 1 aromatic carbocycles. The van der Waals surface area contributed by atoms with Crippen LogP contribution in [-0.4, -0.2) is 25.5 Å². The zero-order valence-electron chi connectivity index (χ0n) is 10.4. The Morgan fingerprint density at radius 2 is 2.21 bits per heavy atom. The minimum Gasteiger partial charge on any atom is -0.352 e. The monoisotopic (exact) mass is 290 g/mol. The molecule has 6 heteroatoms. The molecule has 0 aromatic heterocycles. The first-order valence-electron chi connectivity index (χ1n) is 6.11. The van der Waals surface area contributed by atoms with Gasteiger partial charge in [0.15, 0.2) is 11.6 Å². The van der Waals surface area contributed by atoms with Gasteiger partial charge in [0.25, 0.3) is 5.91 Å². The third-order valence-corrected chi connectivity index (χ3v) is 3.20. The normalized spacial score (nSPS) is 17.9. The average Bonchev–Trinajstić information content (AvgIpc) is 2.85. The van der Waals surface area contributed by atoms with Crippen molar-refractivity contribution in [2.24, 2.45) is 5.92 Å². The molecule has 0 aliphatic carbocycles. The second kappa shape index (κ2) is 7.40. The number of nitrogens with one attached hydrogen (secondary N) is 2. The number of hydrogen-bond donors (Lipinski definition) is 2. The second-order valence-corrected chi connectivity index (χ2v) is 4.50. The van der Waals surface area contributed by atoms with Crippen LogP contribution in [-0.2, 0) is 0 Å². The highest BCUT2D eigenvalue weighted by Gasteiger charge is 2.17. The summed E-state index contributed by atoms with van der Waals surface area (Å²) in [6.45, 7) is 2.46. The van der Waals surface area contributed by atoms with Crippen molar-refractivity contribution in [1.29, 1.82) is 0 Å². The lowest BCUT2D eigenvalue weighted by molar-refractivity contribution is 0.0946. The minimum atomic E-state index is -1.09. The van der Waals surface area contributed by atoms with E-state index in [1.807, 2.05) is 0 Å². The molecule has 0 spiro atoms. The van der Waals surface area contributed by atoms with Crippen LogP contribution in [0.1, 0.15) is 23.2 Å². The molecule has 1 fully saturated rings. The Morgan fingerprint density at radius 3 is 2.89 bits per heavy atom. The molecule has 3 nitrogen and oxygen atoms in total. The standard InChI is InChI=1S/C13H16F2N2O.ClH/c14-11-3-1-2-10(12(11)15)13(18)17-7-5-9-4-6-16-8-9;/h1-3,9,16H,4-8H2,(H,17,18);1H. The van der Waals surface area contributed by atoms with Crippen LogP contribution in [0.2, 0.25) is 0 Å². The molecule has 0 saturated carbocycles. The number of halogens is 3. The summed E-state index contributed by atoms with van der Waals surface area (Å²) in [4.78, 5) is 11.7. The highest BCUT2D eigenvalue weighted by molar-refractivity contribution is 5.94. The van der Waals surface area contributed by atoms with Gasteiger partial charge in [0.2, 0.25) is 0 Å². The van der Waals surface area contributed by atoms with E-state index in [1.165, 1.54) is 12.1 Å². The molecule has 19 heavy (non-hydrogen) atoms. The van der Waals surface area contributed by atoms with Crippen molar-refractivity contribution in [2.45, 2.75) is 12.8 Å². The molecule has 1 heterocycles. The number of hydrogen-bond acceptors (Lipinski definition) is 2. The van der Waals surface area contributed by atoms with E-state index in [9.17, 15) is 13.6 Å². The summed E-state index contributed by atoms with van der Waals surface area (Å²) in [5.74, 6) is -2.08. The molecule has 1 amide bonds. The first-order chi connectivity index (χ1) is 8.68. The molecule has 1 saturated heterocycles. The summed E-state index contributed by atoms with van der Waals surface area (Å²) in [5, 5.41) is 5.86. The Labute approximate surface area is 117 Å². The lowest BCUT2D eigenvalue weighted by atomic mass is 10.1. The first-order valence-corrected chi connectivity index (χ1v) is 6.11. The summed E-state index contributed by atoms with van der Waals surface area (Å²) in [7, 11) is 0. The topological polar surface area (TPSA) is 41.1 Å². The molecule has 1 aromatic rings. The fourth-order valence-electron chi connectivity index (χ4n) is 2.13. The van der Waals surface area contributed by atoms with Crippen LogP contribution in [0.25, 0.3) is 0 Å². The van der Waals surface area contributed by atoms with Gasteiger partial charge in [0.1, 0.15) is 0 Å². The molecule has 0 radical (unpaired) electrons. The van der Waals surface area contributed by atoms with Crippen molar-refractivity contribution in [3.8, 4) is 0 Å². The molecule has 106 valence electrons. The van der Waals surface area contributed by atoms with Gasteiger partial charge in [-0.2, -0.15) is 0 Å². The van der Waals surface area contributed by atoms with E-state index in [1.54, 1.807) is 0 Å². The van der Waals surface area contributed by atoms with Gasteiger partial charge in [-0.1, -0.05) is 6.07 Å². The largest absolute Gasteiger partial charge is 0.352 e. The molecule has 1 unspecified atom stereocenters. The maximum atomic E-state index is 13.3. The Balaban J connectivity index is 0.00000180. The van der Waals surface area contributed by atoms with E-state index in [4.69, 9.17) is 0 Å². The van der Waals surface area contributed by atoms with E-state index in [0.717, 1.165) is 32.0 Å². The summed E-state index contributed by atoms with van der Waals surface area (Å²) in [6, 6.07) is 3.61. The fourth-order valence-corrected chi connectivity index (χ4v) is 2.13. The molecule has 1 atom stereocenters. The van der Waals surface area contributed by atoms with Gasteiger partial charge in [-0.05, 0) is 44.0 Å². The van der Waals surface area contributed by atoms with E-state index in [0.29, 0.717) is 12.5 Å². The van der Waals surface area contributed by atoms with Crippen molar-refractivity contribution < 1.29 is 13.6 Å². The molecular formula is C13H17ClF2N2O. The number of amides is 1. The average molecular weight is 291 g/mol. The van der Waals surface area contributed by atoms with E-state index in [-0.39, 0.29) is 18.0 Å². The quantitative estimate of drug-likeness (QED) is 0.892. The maximum Gasteiger partial charge on any atom is 0.254 e. The molecule has 2 rings (SSSR count). The van der Waals surface area contributed by atoms with E-state index < -0.39 is 17.5 Å². The van der Waals surface area contributed by atoms with Gasteiger partial charge in [-0.15, -0.1) is 12.4 Å². The summed E-state index contributed by atoms with van der Waals surface area (Å²) >= 11 is 0. The third-order valence-electron chi connectivity index (χ3n) is 3.20. The molecular weight excluding hydrogens is 274 g/mol. The van der Waals surface area contributed by atoms with Crippen LogP contribution < -0.4 is 10.6 Å². The van der Waals surface area contributed by atoms with Crippen LogP contribution in [0, 0.1) is 17.6 Å². The van der Waals surface area contributed by atoms with Gasteiger partial charge in [-0.25, -0.2) is 8.78 Å². The van der Waals surface area contributed by atoms with Crippen molar-refractivity contribution in [2.75, 3.05) is 19.6 Å². The lowest BCUT2D eigenvalue weighted by Crippen LogP contribution is -2.27. The van der Waals surface area contributed by atoms with Crippen molar-refractivity contribution in [3.05, 3.63) is 35.4 Å². The number of carbonyl (C=O) groups excluding carboxylic acids is 1. The SMILES string of the molecule is Cl.O=C(NCCC1CCNC1)c1cccc(F)c1F. The van der Waals surface area contributed by atoms with Gasteiger partial charge in [0.05, 0.1) is 5.56 Å². The van der Waals surface area contributed by atoms with Crippen LogP contribution in [0.5, 0.6) is 0 Å².